The van der Waals surface area contributed by atoms with Crippen LogP contribution in [-0.4, -0.2) is 34.8 Å². The molecular weight excluding hydrogens is 406 g/mol. The highest BCUT2D eigenvalue weighted by atomic mass is 32.2. The molecule has 0 saturated heterocycles. The maximum Gasteiger partial charge on any atom is 0.270 e. The minimum absolute atomic E-state index is 0.0236. The summed E-state index contributed by atoms with van der Waals surface area (Å²) >= 11 is 1.44. The topological polar surface area (TPSA) is 126 Å². The molecule has 11 heteroatoms. The van der Waals surface area contributed by atoms with E-state index in [1.54, 1.807) is 24.5 Å². The van der Waals surface area contributed by atoms with Gasteiger partial charge >= 0.3 is 0 Å². The number of thioether (sulfide) groups is 1. The van der Waals surface area contributed by atoms with E-state index in [9.17, 15) is 10.1 Å². The maximum atomic E-state index is 11.0. The van der Waals surface area contributed by atoms with Crippen molar-refractivity contribution in [1.82, 2.24) is 29.9 Å². The Morgan fingerprint density at radius 2 is 2.00 bits per heavy atom. The standard InChI is InChI=1S/C19H17N7O3S/c1-2-10-25-18(13-6-8-20-9-7-13)22-23-19(25)30-12-16-21-17(24-29-16)14-4-3-5-15(11-14)26(27)28/h3-9,11H,2,10,12H2,1H3. The summed E-state index contributed by atoms with van der Waals surface area (Å²) in [5.74, 6) is 1.89. The van der Waals surface area contributed by atoms with E-state index in [2.05, 4.69) is 36.8 Å². The van der Waals surface area contributed by atoms with Gasteiger partial charge in [-0.05, 0) is 18.6 Å². The molecule has 1 aromatic carbocycles. The van der Waals surface area contributed by atoms with Crippen LogP contribution in [0.15, 0.2) is 58.5 Å². The Kier molecular flexibility index (Phi) is 5.80. The van der Waals surface area contributed by atoms with Crippen LogP contribution < -0.4 is 0 Å². The lowest BCUT2D eigenvalue weighted by Crippen LogP contribution is -2.02. The predicted molar refractivity (Wildman–Crippen MR) is 109 cm³/mol. The highest BCUT2D eigenvalue weighted by Crippen LogP contribution is 2.27. The molecule has 0 aliphatic rings. The number of nitrogens with zero attached hydrogens (tertiary/aromatic N) is 7. The Bertz CT molecular complexity index is 1160. The molecule has 152 valence electrons. The molecule has 4 aromatic rings. The van der Waals surface area contributed by atoms with Crippen molar-refractivity contribution in [2.75, 3.05) is 0 Å². The van der Waals surface area contributed by atoms with Crippen LogP contribution in [0.4, 0.5) is 5.69 Å². The monoisotopic (exact) mass is 423 g/mol. The number of pyridine rings is 1. The molecule has 0 saturated carbocycles. The number of hydrogen-bond acceptors (Lipinski definition) is 9. The summed E-state index contributed by atoms with van der Waals surface area (Å²) in [5.41, 5.74) is 1.45. The molecule has 0 aliphatic heterocycles. The van der Waals surface area contributed by atoms with Crippen LogP contribution >= 0.6 is 11.8 Å². The molecule has 4 rings (SSSR count). The second-order valence-electron chi connectivity index (χ2n) is 6.30. The lowest BCUT2D eigenvalue weighted by molar-refractivity contribution is -0.384. The number of non-ortho nitro benzene ring substituents is 1. The molecule has 0 radical (unpaired) electrons. The largest absolute Gasteiger partial charge is 0.338 e. The molecule has 10 nitrogen and oxygen atoms in total. The van der Waals surface area contributed by atoms with E-state index in [1.165, 1.54) is 23.9 Å². The zero-order valence-corrected chi connectivity index (χ0v) is 16.8. The first kappa shape index (κ1) is 19.7. The van der Waals surface area contributed by atoms with Gasteiger partial charge in [0.05, 0.1) is 10.7 Å². The van der Waals surface area contributed by atoms with Crippen molar-refractivity contribution in [3.63, 3.8) is 0 Å². The van der Waals surface area contributed by atoms with Gasteiger partial charge in [0.25, 0.3) is 5.69 Å². The summed E-state index contributed by atoms with van der Waals surface area (Å²) in [6.07, 6.45) is 4.38. The number of rotatable bonds is 8. The zero-order chi connectivity index (χ0) is 20.9. The normalized spacial score (nSPS) is 11.0. The number of nitro groups is 1. The van der Waals surface area contributed by atoms with Crippen LogP contribution in [0.1, 0.15) is 19.2 Å². The summed E-state index contributed by atoms with van der Waals surface area (Å²) < 4.78 is 7.37. The minimum Gasteiger partial charge on any atom is -0.338 e. The molecular formula is C19H17N7O3S. The number of benzene rings is 1. The first-order valence-electron chi connectivity index (χ1n) is 9.19. The van der Waals surface area contributed by atoms with Gasteiger partial charge in [-0.2, -0.15) is 4.98 Å². The first-order valence-corrected chi connectivity index (χ1v) is 10.2. The van der Waals surface area contributed by atoms with Crippen molar-refractivity contribution in [2.45, 2.75) is 30.8 Å². The molecule has 0 unspecified atom stereocenters. The van der Waals surface area contributed by atoms with Crippen LogP contribution in [0.3, 0.4) is 0 Å². The van der Waals surface area contributed by atoms with E-state index in [4.69, 9.17) is 4.52 Å². The van der Waals surface area contributed by atoms with Crippen LogP contribution in [0.5, 0.6) is 0 Å². The van der Waals surface area contributed by atoms with Crippen LogP contribution in [-0.2, 0) is 12.3 Å². The molecule has 0 N–H and O–H groups in total. The summed E-state index contributed by atoms with van der Waals surface area (Å²) in [5, 5.41) is 24.3. The SMILES string of the molecule is CCCn1c(SCc2nc(-c3cccc([N+](=O)[O-])c3)no2)nnc1-c1ccncc1. The first-order chi connectivity index (χ1) is 14.7. The fourth-order valence-corrected chi connectivity index (χ4v) is 3.65. The molecule has 3 aromatic heterocycles. The lowest BCUT2D eigenvalue weighted by atomic mass is 10.2. The fourth-order valence-electron chi connectivity index (χ4n) is 2.85. The van der Waals surface area contributed by atoms with Crippen molar-refractivity contribution in [3.8, 4) is 22.8 Å². The molecule has 30 heavy (non-hydrogen) atoms. The van der Waals surface area contributed by atoms with E-state index in [1.807, 2.05) is 12.1 Å². The van der Waals surface area contributed by atoms with Crippen LogP contribution in [0.25, 0.3) is 22.8 Å². The Balaban J connectivity index is 1.51. The molecule has 0 amide bonds. The van der Waals surface area contributed by atoms with Gasteiger partial charge in [-0.15, -0.1) is 10.2 Å². The smallest absolute Gasteiger partial charge is 0.270 e. The Morgan fingerprint density at radius 1 is 1.17 bits per heavy atom. The summed E-state index contributed by atoms with van der Waals surface area (Å²) in [6.45, 7) is 2.86. The number of aromatic nitrogens is 6. The Labute approximate surface area is 175 Å². The van der Waals surface area contributed by atoms with Gasteiger partial charge in [0, 0.05) is 42.2 Å². The Hall–Kier alpha value is -3.60. The Morgan fingerprint density at radius 3 is 2.77 bits per heavy atom. The third-order valence-electron chi connectivity index (χ3n) is 4.21. The van der Waals surface area contributed by atoms with Gasteiger partial charge in [-0.3, -0.25) is 15.1 Å². The predicted octanol–water partition coefficient (Wildman–Crippen LogP) is 4.00. The van der Waals surface area contributed by atoms with Crippen molar-refractivity contribution in [3.05, 3.63) is 64.8 Å². The van der Waals surface area contributed by atoms with Crippen molar-refractivity contribution < 1.29 is 9.45 Å². The van der Waals surface area contributed by atoms with E-state index >= 15 is 0 Å². The van der Waals surface area contributed by atoms with Gasteiger partial charge in [0.2, 0.25) is 11.7 Å². The summed E-state index contributed by atoms with van der Waals surface area (Å²) in [7, 11) is 0. The molecule has 0 aliphatic carbocycles. The molecule has 0 spiro atoms. The van der Waals surface area contributed by atoms with E-state index in [0.29, 0.717) is 23.0 Å². The van der Waals surface area contributed by atoms with Crippen LogP contribution in [0.2, 0.25) is 0 Å². The number of nitro benzene ring substituents is 1. The van der Waals surface area contributed by atoms with Gasteiger partial charge in [-0.25, -0.2) is 0 Å². The summed E-state index contributed by atoms with van der Waals surface area (Å²) in [6, 6.07) is 9.92. The highest BCUT2D eigenvalue weighted by Gasteiger charge is 2.17. The van der Waals surface area contributed by atoms with Crippen molar-refractivity contribution in [2.24, 2.45) is 0 Å². The van der Waals surface area contributed by atoms with E-state index in [0.717, 1.165) is 29.5 Å². The molecule has 3 heterocycles. The van der Waals surface area contributed by atoms with Crippen molar-refractivity contribution >= 4 is 17.4 Å². The van der Waals surface area contributed by atoms with E-state index < -0.39 is 4.92 Å². The minimum atomic E-state index is -0.457. The third kappa shape index (κ3) is 4.20. The molecule has 0 atom stereocenters. The van der Waals surface area contributed by atoms with Gasteiger partial charge < -0.3 is 9.09 Å². The van der Waals surface area contributed by atoms with Gasteiger partial charge in [-0.1, -0.05) is 36.0 Å². The molecule has 0 bridgehead atoms. The maximum absolute atomic E-state index is 11.0. The summed E-state index contributed by atoms with van der Waals surface area (Å²) in [4.78, 5) is 18.9. The third-order valence-corrected chi connectivity index (χ3v) is 5.16. The fraction of sp³-hybridized carbons (Fsp3) is 0.211. The average Bonchev–Trinajstić information content (AvgIpc) is 3.40. The van der Waals surface area contributed by atoms with Crippen molar-refractivity contribution in [1.29, 1.82) is 0 Å². The number of hydrogen-bond donors (Lipinski definition) is 0. The highest BCUT2D eigenvalue weighted by molar-refractivity contribution is 7.98. The second kappa shape index (κ2) is 8.82. The lowest BCUT2D eigenvalue weighted by Gasteiger charge is -2.07. The van der Waals surface area contributed by atoms with Gasteiger partial charge in [0.1, 0.15) is 0 Å². The van der Waals surface area contributed by atoms with Crippen LogP contribution in [0, 0.1) is 10.1 Å². The average molecular weight is 423 g/mol. The van der Waals surface area contributed by atoms with Gasteiger partial charge in [0.15, 0.2) is 11.0 Å². The second-order valence-corrected chi connectivity index (χ2v) is 7.24. The van der Waals surface area contributed by atoms with E-state index in [-0.39, 0.29) is 5.69 Å². The molecule has 0 fully saturated rings. The zero-order valence-electron chi connectivity index (χ0n) is 16.0. The quantitative estimate of drug-likeness (QED) is 0.235.